The summed E-state index contributed by atoms with van der Waals surface area (Å²) in [7, 11) is 0. The number of carbonyl (C=O) groups is 1. The van der Waals surface area contributed by atoms with Gasteiger partial charge >= 0.3 is 6.09 Å². The van der Waals surface area contributed by atoms with E-state index in [1.165, 1.54) is 0 Å². The summed E-state index contributed by atoms with van der Waals surface area (Å²) < 4.78 is 11.2. The van der Waals surface area contributed by atoms with Crippen molar-refractivity contribution in [3.63, 3.8) is 0 Å². The zero-order chi connectivity index (χ0) is 16.9. The summed E-state index contributed by atoms with van der Waals surface area (Å²) in [4.78, 5) is 13.8. The van der Waals surface area contributed by atoms with E-state index in [0.717, 1.165) is 31.4 Å². The Hall–Kier alpha value is -1.24. The van der Waals surface area contributed by atoms with Crippen molar-refractivity contribution in [1.29, 1.82) is 0 Å². The zero-order valence-electron chi connectivity index (χ0n) is 14.5. The molecule has 0 saturated carbocycles. The molecule has 1 saturated heterocycles. The third-order valence-corrected chi connectivity index (χ3v) is 4.55. The number of aromatic nitrogens is 2. The van der Waals surface area contributed by atoms with E-state index in [1.54, 1.807) is 16.7 Å². The molecule has 0 aliphatic carbocycles. The maximum Gasteiger partial charge on any atom is 0.410 e. The first-order chi connectivity index (χ1) is 10.9. The molecule has 0 aromatic carbocycles. The largest absolute Gasteiger partial charge is 0.444 e. The van der Waals surface area contributed by atoms with Crippen LogP contribution < -0.4 is 0 Å². The number of likely N-dealkylation sites (tertiary alicyclic amines) is 1. The average Bonchev–Trinajstić information content (AvgIpc) is 2.95. The SMILES string of the molecule is CCCCSc1nnc(C2CCN(C(=O)OC(C)(C)C)CC2)o1. The Morgan fingerprint density at radius 1 is 1.35 bits per heavy atom. The summed E-state index contributed by atoms with van der Waals surface area (Å²) in [5.74, 6) is 1.95. The van der Waals surface area contributed by atoms with Gasteiger partial charge in [-0.2, -0.15) is 0 Å². The molecule has 1 aliphatic heterocycles. The van der Waals surface area contributed by atoms with E-state index < -0.39 is 5.60 Å². The van der Waals surface area contributed by atoms with Crippen molar-refractivity contribution in [3.8, 4) is 0 Å². The van der Waals surface area contributed by atoms with Gasteiger partial charge in [-0.1, -0.05) is 25.1 Å². The summed E-state index contributed by atoms with van der Waals surface area (Å²) in [6.07, 6.45) is 3.74. The van der Waals surface area contributed by atoms with Crippen molar-refractivity contribution in [2.24, 2.45) is 0 Å². The van der Waals surface area contributed by atoms with Gasteiger partial charge in [0.05, 0.1) is 0 Å². The van der Waals surface area contributed by atoms with Crippen molar-refractivity contribution in [3.05, 3.63) is 5.89 Å². The number of amides is 1. The van der Waals surface area contributed by atoms with Crippen LogP contribution in [0, 0.1) is 0 Å². The first-order valence-corrected chi connectivity index (χ1v) is 9.31. The van der Waals surface area contributed by atoms with Crippen LogP contribution in [0.4, 0.5) is 4.79 Å². The Morgan fingerprint density at radius 2 is 2.04 bits per heavy atom. The van der Waals surface area contributed by atoms with Gasteiger partial charge in [0.25, 0.3) is 5.22 Å². The number of nitrogens with zero attached hydrogens (tertiary/aromatic N) is 3. The lowest BCUT2D eigenvalue weighted by Gasteiger charge is -2.32. The topological polar surface area (TPSA) is 68.5 Å². The minimum Gasteiger partial charge on any atom is -0.444 e. The van der Waals surface area contributed by atoms with Gasteiger partial charge in [-0.25, -0.2) is 4.79 Å². The second kappa shape index (κ2) is 8.04. The molecule has 2 heterocycles. The normalized spacial score (nSPS) is 16.6. The van der Waals surface area contributed by atoms with Crippen LogP contribution in [0.2, 0.25) is 0 Å². The van der Waals surface area contributed by atoms with Crippen LogP contribution in [0.1, 0.15) is 65.2 Å². The highest BCUT2D eigenvalue weighted by molar-refractivity contribution is 7.99. The van der Waals surface area contributed by atoms with Crippen LogP contribution in [0.3, 0.4) is 0 Å². The highest BCUT2D eigenvalue weighted by Crippen LogP contribution is 2.29. The lowest BCUT2D eigenvalue weighted by molar-refractivity contribution is 0.0198. The summed E-state index contributed by atoms with van der Waals surface area (Å²) in [5, 5.41) is 8.94. The summed E-state index contributed by atoms with van der Waals surface area (Å²) >= 11 is 1.62. The molecule has 1 aromatic heterocycles. The molecular formula is C16H27N3O3S. The highest BCUT2D eigenvalue weighted by Gasteiger charge is 2.29. The summed E-state index contributed by atoms with van der Waals surface area (Å²) in [5.41, 5.74) is -0.453. The van der Waals surface area contributed by atoms with Crippen LogP contribution in [-0.2, 0) is 4.74 Å². The van der Waals surface area contributed by atoms with Crippen LogP contribution in [0.5, 0.6) is 0 Å². The van der Waals surface area contributed by atoms with Crippen molar-refractivity contribution in [2.75, 3.05) is 18.8 Å². The van der Waals surface area contributed by atoms with Gasteiger partial charge in [0.15, 0.2) is 0 Å². The zero-order valence-corrected chi connectivity index (χ0v) is 15.3. The molecule has 0 N–H and O–H groups in total. The van der Waals surface area contributed by atoms with Crippen molar-refractivity contribution in [1.82, 2.24) is 15.1 Å². The number of carbonyl (C=O) groups excluding carboxylic acids is 1. The lowest BCUT2D eigenvalue weighted by Crippen LogP contribution is -2.41. The van der Waals surface area contributed by atoms with Crippen molar-refractivity contribution < 1.29 is 13.9 Å². The fourth-order valence-corrected chi connectivity index (χ4v) is 3.23. The Balaban J connectivity index is 1.81. The molecule has 2 rings (SSSR count). The van der Waals surface area contributed by atoms with Gasteiger partial charge in [0.2, 0.25) is 5.89 Å². The molecule has 1 aromatic rings. The van der Waals surface area contributed by atoms with E-state index in [2.05, 4.69) is 17.1 Å². The standard InChI is InChI=1S/C16H27N3O3S/c1-5-6-11-23-14-18-17-13(21-14)12-7-9-19(10-8-12)15(20)22-16(2,3)4/h12H,5-11H2,1-4H3. The second-order valence-corrected chi connectivity index (χ2v) is 7.90. The predicted octanol–water partition coefficient (Wildman–Crippen LogP) is 4.08. The van der Waals surface area contributed by atoms with E-state index >= 15 is 0 Å². The molecule has 0 unspecified atom stereocenters. The van der Waals surface area contributed by atoms with Crippen LogP contribution in [-0.4, -0.2) is 45.6 Å². The molecule has 0 radical (unpaired) electrons. The smallest absolute Gasteiger partial charge is 0.410 e. The van der Waals surface area contributed by atoms with Crippen LogP contribution >= 0.6 is 11.8 Å². The third kappa shape index (κ3) is 5.71. The van der Waals surface area contributed by atoms with Gasteiger partial charge in [-0.05, 0) is 40.0 Å². The molecule has 0 spiro atoms. The van der Waals surface area contributed by atoms with E-state index in [0.29, 0.717) is 24.2 Å². The maximum atomic E-state index is 12.1. The van der Waals surface area contributed by atoms with Gasteiger partial charge in [0, 0.05) is 24.8 Å². The Labute approximate surface area is 142 Å². The molecule has 23 heavy (non-hydrogen) atoms. The maximum absolute atomic E-state index is 12.1. The van der Waals surface area contributed by atoms with E-state index in [9.17, 15) is 4.79 Å². The second-order valence-electron chi connectivity index (χ2n) is 6.85. The van der Waals surface area contributed by atoms with E-state index in [-0.39, 0.29) is 12.0 Å². The van der Waals surface area contributed by atoms with Crippen LogP contribution in [0.25, 0.3) is 0 Å². The molecule has 1 amide bonds. The first kappa shape index (κ1) is 18.1. The van der Waals surface area contributed by atoms with E-state index in [1.807, 2.05) is 20.8 Å². The molecule has 0 atom stereocenters. The minimum absolute atomic E-state index is 0.238. The minimum atomic E-state index is -0.453. The third-order valence-electron chi connectivity index (χ3n) is 3.64. The molecule has 7 heteroatoms. The molecule has 1 aliphatic rings. The fraction of sp³-hybridized carbons (Fsp3) is 0.812. The highest BCUT2D eigenvalue weighted by atomic mass is 32.2. The van der Waals surface area contributed by atoms with Crippen molar-refractivity contribution in [2.45, 2.75) is 70.1 Å². The van der Waals surface area contributed by atoms with Gasteiger partial charge < -0.3 is 14.1 Å². The fourth-order valence-electron chi connectivity index (χ4n) is 2.38. The number of piperidine rings is 1. The lowest BCUT2D eigenvalue weighted by atomic mass is 9.97. The molecule has 130 valence electrons. The molecular weight excluding hydrogens is 314 g/mol. The molecule has 0 bridgehead atoms. The number of thioether (sulfide) groups is 1. The first-order valence-electron chi connectivity index (χ1n) is 8.33. The average molecular weight is 341 g/mol. The van der Waals surface area contributed by atoms with Crippen molar-refractivity contribution >= 4 is 17.9 Å². The number of rotatable bonds is 5. The molecule has 6 nitrogen and oxygen atoms in total. The van der Waals surface area contributed by atoms with Crippen LogP contribution in [0.15, 0.2) is 9.64 Å². The summed E-state index contributed by atoms with van der Waals surface area (Å²) in [6, 6.07) is 0. The van der Waals surface area contributed by atoms with Gasteiger partial charge in [-0.3, -0.25) is 0 Å². The number of hydrogen-bond acceptors (Lipinski definition) is 6. The van der Waals surface area contributed by atoms with Gasteiger partial charge in [0.1, 0.15) is 5.60 Å². The predicted molar refractivity (Wildman–Crippen MR) is 89.7 cm³/mol. The monoisotopic (exact) mass is 341 g/mol. The number of unbranched alkanes of at least 4 members (excludes halogenated alkanes) is 1. The Kier molecular flexibility index (Phi) is 6.33. The Bertz CT molecular complexity index is 505. The van der Waals surface area contributed by atoms with E-state index in [4.69, 9.17) is 9.15 Å². The van der Waals surface area contributed by atoms with Gasteiger partial charge in [-0.15, -0.1) is 10.2 Å². The Morgan fingerprint density at radius 3 is 2.65 bits per heavy atom. The number of ether oxygens (including phenoxy) is 1. The number of hydrogen-bond donors (Lipinski definition) is 0. The molecule has 1 fully saturated rings. The summed E-state index contributed by atoms with van der Waals surface area (Å²) in [6.45, 7) is 9.15. The quantitative estimate of drug-likeness (QED) is 0.594.